The van der Waals surface area contributed by atoms with E-state index in [-0.39, 0.29) is 0 Å². The van der Waals surface area contributed by atoms with Crippen LogP contribution in [0.4, 0.5) is 0 Å². The van der Waals surface area contributed by atoms with Crippen molar-refractivity contribution in [3.63, 3.8) is 0 Å². The van der Waals surface area contributed by atoms with Crippen LogP contribution < -0.4 is 0 Å². The van der Waals surface area contributed by atoms with Gasteiger partial charge in [0.25, 0.3) is 0 Å². The Labute approximate surface area is 300 Å². The minimum absolute atomic E-state index is 0.427. The van der Waals surface area contributed by atoms with Crippen molar-refractivity contribution in [2.45, 2.75) is 10.8 Å². The van der Waals surface area contributed by atoms with E-state index in [4.69, 9.17) is 0 Å². The van der Waals surface area contributed by atoms with Crippen molar-refractivity contribution >= 4 is 31.5 Å². The van der Waals surface area contributed by atoms with Crippen LogP contribution in [0.3, 0.4) is 0 Å². The van der Waals surface area contributed by atoms with Crippen molar-refractivity contribution < 1.29 is 0 Å². The fourth-order valence-corrected chi connectivity index (χ4v) is 11.7. The predicted octanol–water partition coefficient (Wildman–Crippen LogP) is 12.8. The molecule has 0 amide bonds. The molecule has 9 aromatic rings. The standard InChI is InChI=1S/C50H30S/c1-2-15-31(16-3-1)49-39-24-7-4-17-32(39)35-21-14-29-44(47(35)49)50(42-27-10-9-26-41(42)49)40-25-8-5-19-38(40)46-34(20-13-28-43(46)50)37-23-12-22-36-33-18-6-11-30-45(33)51-48(36)37/h1-30H. The van der Waals surface area contributed by atoms with E-state index in [2.05, 4.69) is 182 Å². The lowest BCUT2D eigenvalue weighted by atomic mass is 9.52. The Bertz CT molecular complexity index is 2930. The van der Waals surface area contributed by atoms with E-state index in [9.17, 15) is 0 Å². The molecule has 2 atom stereocenters. The molecule has 12 rings (SSSR count). The van der Waals surface area contributed by atoms with E-state index in [1.165, 1.54) is 98.1 Å². The second kappa shape index (κ2) is 9.82. The maximum atomic E-state index is 2.45. The minimum Gasteiger partial charge on any atom is -0.135 e. The van der Waals surface area contributed by atoms with E-state index >= 15 is 0 Å². The van der Waals surface area contributed by atoms with Crippen LogP contribution in [0.25, 0.3) is 53.6 Å². The van der Waals surface area contributed by atoms with Gasteiger partial charge in [-0.15, -0.1) is 11.3 Å². The first kappa shape index (κ1) is 27.8. The summed E-state index contributed by atoms with van der Waals surface area (Å²) in [6.07, 6.45) is 0. The quantitative estimate of drug-likeness (QED) is 0.173. The van der Waals surface area contributed by atoms with Gasteiger partial charge in [0.1, 0.15) is 0 Å². The monoisotopic (exact) mass is 662 g/mol. The van der Waals surface area contributed by atoms with Crippen LogP contribution >= 0.6 is 11.3 Å². The number of fused-ring (bicyclic) bond motifs is 15. The molecular weight excluding hydrogens is 633 g/mol. The summed E-state index contributed by atoms with van der Waals surface area (Å²) in [5, 5.41) is 2.67. The highest BCUT2D eigenvalue weighted by molar-refractivity contribution is 7.26. The first-order valence-corrected chi connectivity index (χ1v) is 18.7. The predicted molar refractivity (Wildman–Crippen MR) is 213 cm³/mol. The van der Waals surface area contributed by atoms with Gasteiger partial charge in [-0.05, 0) is 78.4 Å². The zero-order chi connectivity index (χ0) is 33.3. The summed E-state index contributed by atoms with van der Waals surface area (Å²) in [6, 6.07) is 69.0. The van der Waals surface area contributed by atoms with E-state index in [1.54, 1.807) is 0 Å². The number of hydrogen-bond acceptors (Lipinski definition) is 1. The molecule has 0 saturated heterocycles. The van der Waals surface area contributed by atoms with Gasteiger partial charge in [-0.25, -0.2) is 0 Å². The summed E-state index contributed by atoms with van der Waals surface area (Å²) in [7, 11) is 0. The largest absolute Gasteiger partial charge is 0.135 e. The summed E-state index contributed by atoms with van der Waals surface area (Å²) in [4.78, 5) is 0. The molecule has 0 aliphatic heterocycles. The lowest BCUT2D eigenvalue weighted by Gasteiger charge is -2.48. The van der Waals surface area contributed by atoms with Crippen molar-refractivity contribution in [1.82, 2.24) is 0 Å². The molecule has 1 spiro atoms. The fraction of sp³-hybridized carbons (Fsp3) is 0.0400. The summed E-state index contributed by atoms with van der Waals surface area (Å²) in [5.41, 5.74) is 18.1. The number of hydrogen-bond donors (Lipinski definition) is 0. The van der Waals surface area contributed by atoms with Crippen LogP contribution in [0.15, 0.2) is 182 Å². The summed E-state index contributed by atoms with van der Waals surface area (Å²) >= 11 is 1.91. The average molecular weight is 663 g/mol. The molecule has 0 N–H and O–H groups in total. The Balaban J connectivity index is 1.26. The van der Waals surface area contributed by atoms with Crippen LogP contribution in [0, 0.1) is 0 Å². The first-order chi connectivity index (χ1) is 25.3. The third kappa shape index (κ3) is 3.19. The van der Waals surface area contributed by atoms with Crippen molar-refractivity contribution in [1.29, 1.82) is 0 Å². The molecule has 51 heavy (non-hydrogen) atoms. The molecule has 8 aromatic carbocycles. The van der Waals surface area contributed by atoms with Crippen LogP contribution in [0.5, 0.6) is 0 Å². The molecule has 2 unspecified atom stereocenters. The Morgan fingerprint density at radius 1 is 0.314 bits per heavy atom. The molecule has 236 valence electrons. The van der Waals surface area contributed by atoms with Gasteiger partial charge in [-0.1, -0.05) is 176 Å². The first-order valence-electron chi connectivity index (χ1n) is 17.9. The minimum atomic E-state index is -0.488. The Kier molecular flexibility index (Phi) is 5.34. The number of benzene rings is 8. The molecule has 1 heteroatoms. The van der Waals surface area contributed by atoms with Crippen molar-refractivity contribution in [2.75, 3.05) is 0 Å². The maximum absolute atomic E-state index is 2.45. The molecule has 0 saturated carbocycles. The van der Waals surface area contributed by atoms with Crippen molar-refractivity contribution in [3.8, 4) is 33.4 Å². The van der Waals surface area contributed by atoms with Gasteiger partial charge >= 0.3 is 0 Å². The van der Waals surface area contributed by atoms with Crippen LogP contribution in [0.1, 0.15) is 44.5 Å². The van der Waals surface area contributed by atoms with Crippen LogP contribution in [-0.4, -0.2) is 0 Å². The Morgan fingerprint density at radius 3 is 1.67 bits per heavy atom. The van der Waals surface area contributed by atoms with Gasteiger partial charge < -0.3 is 0 Å². The maximum Gasteiger partial charge on any atom is 0.0720 e. The highest BCUT2D eigenvalue weighted by Crippen LogP contribution is 2.69. The molecular formula is C50H30S. The summed E-state index contributed by atoms with van der Waals surface area (Å²) in [6.45, 7) is 0. The highest BCUT2D eigenvalue weighted by atomic mass is 32.1. The third-order valence-corrected chi connectivity index (χ3v) is 13.4. The number of rotatable bonds is 2. The summed E-state index contributed by atoms with van der Waals surface area (Å²) < 4.78 is 2.69. The molecule has 0 fully saturated rings. The second-order valence-corrected chi connectivity index (χ2v) is 15.3. The SMILES string of the molecule is c1ccc(C23c4ccccc4-c4cccc(c42)C2(c4ccccc4-c4c(-c5cccc6c5sc5ccccc56)cccc42)c2ccccc23)cc1. The Hall–Kier alpha value is -6.02. The lowest BCUT2D eigenvalue weighted by Crippen LogP contribution is -2.43. The van der Waals surface area contributed by atoms with E-state index in [0.29, 0.717) is 0 Å². The molecule has 1 heterocycles. The van der Waals surface area contributed by atoms with Gasteiger partial charge in [0.15, 0.2) is 0 Å². The normalized spacial score (nSPS) is 18.7. The molecule has 3 aliphatic rings. The molecule has 1 aromatic heterocycles. The van der Waals surface area contributed by atoms with Gasteiger partial charge in [0.05, 0.1) is 10.8 Å². The molecule has 3 aliphatic carbocycles. The van der Waals surface area contributed by atoms with Gasteiger partial charge in [-0.2, -0.15) is 0 Å². The third-order valence-electron chi connectivity index (χ3n) is 12.2. The zero-order valence-corrected chi connectivity index (χ0v) is 28.5. The smallest absolute Gasteiger partial charge is 0.0720 e. The Morgan fingerprint density at radius 2 is 0.843 bits per heavy atom. The second-order valence-electron chi connectivity index (χ2n) is 14.2. The van der Waals surface area contributed by atoms with E-state index < -0.39 is 10.8 Å². The van der Waals surface area contributed by atoms with E-state index in [0.717, 1.165) is 0 Å². The lowest BCUT2D eigenvalue weighted by molar-refractivity contribution is 0.636. The molecule has 0 nitrogen and oxygen atoms in total. The highest BCUT2D eigenvalue weighted by Gasteiger charge is 2.59. The number of thiophene rings is 1. The van der Waals surface area contributed by atoms with Crippen LogP contribution in [-0.2, 0) is 10.8 Å². The van der Waals surface area contributed by atoms with Crippen molar-refractivity contribution in [2.24, 2.45) is 0 Å². The molecule has 0 radical (unpaired) electrons. The van der Waals surface area contributed by atoms with Gasteiger partial charge in [-0.3, -0.25) is 0 Å². The van der Waals surface area contributed by atoms with Crippen molar-refractivity contribution in [3.05, 3.63) is 226 Å². The summed E-state index contributed by atoms with van der Waals surface area (Å²) in [5.74, 6) is 0. The van der Waals surface area contributed by atoms with E-state index in [1.807, 2.05) is 11.3 Å². The van der Waals surface area contributed by atoms with Crippen LogP contribution in [0.2, 0.25) is 0 Å². The fourth-order valence-electron chi connectivity index (χ4n) is 10.5. The molecule has 0 bridgehead atoms. The van der Waals surface area contributed by atoms with Gasteiger partial charge in [0, 0.05) is 25.7 Å². The topological polar surface area (TPSA) is 0 Å². The van der Waals surface area contributed by atoms with Gasteiger partial charge in [0.2, 0.25) is 0 Å². The average Bonchev–Trinajstić information content (AvgIpc) is 3.84. The zero-order valence-electron chi connectivity index (χ0n) is 27.7.